The molecule has 2 rings (SSSR count). The van der Waals surface area contributed by atoms with Crippen molar-refractivity contribution < 1.29 is 14.3 Å². The number of anilines is 1. The molecule has 1 aromatic carbocycles. The second-order valence-electron chi connectivity index (χ2n) is 4.09. The maximum atomic E-state index is 12.0. The summed E-state index contributed by atoms with van der Waals surface area (Å²) in [6, 6.07) is 8.91. The van der Waals surface area contributed by atoms with Crippen LogP contribution < -0.4 is 10.1 Å². The number of para-hydroxylation sites is 2. The van der Waals surface area contributed by atoms with E-state index in [9.17, 15) is 4.79 Å². The molecule has 1 unspecified atom stereocenters. The van der Waals surface area contributed by atoms with Gasteiger partial charge in [0.25, 0.3) is 0 Å². The zero-order valence-electron chi connectivity index (χ0n) is 11.5. The second kappa shape index (κ2) is 6.96. The number of thiophene rings is 1. The molecule has 20 heavy (non-hydrogen) atoms. The molecule has 0 aliphatic carbocycles. The number of esters is 1. The lowest BCUT2D eigenvalue weighted by Crippen LogP contribution is -2.22. The molecule has 0 spiro atoms. The van der Waals surface area contributed by atoms with Crippen LogP contribution in [-0.2, 0) is 9.53 Å². The number of carbonyl (C=O) groups excluding carboxylic acids is 1. The molecule has 1 atom stereocenters. The molecule has 5 heteroatoms. The van der Waals surface area contributed by atoms with Crippen LogP contribution in [0.25, 0.3) is 0 Å². The predicted octanol–water partition coefficient (Wildman–Crippen LogP) is 3.47. The fourth-order valence-electron chi connectivity index (χ4n) is 1.86. The van der Waals surface area contributed by atoms with Gasteiger partial charge in [0.2, 0.25) is 0 Å². The van der Waals surface area contributed by atoms with E-state index < -0.39 is 6.04 Å². The van der Waals surface area contributed by atoms with Gasteiger partial charge in [0.05, 0.1) is 19.4 Å². The van der Waals surface area contributed by atoms with Gasteiger partial charge in [-0.25, -0.2) is 4.79 Å². The molecule has 0 saturated carbocycles. The lowest BCUT2D eigenvalue weighted by Gasteiger charge is -2.19. The van der Waals surface area contributed by atoms with Gasteiger partial charge < -0.3 is 14.8 Å². The van der Waals surface area contributed by atoms with Crippen LogP contribution in [0.4, 0.5) is 5.69 Å². The smallest absolute Gasteiger partial charge is 0.333 e. The van der Waals surface area contributed by atoms with Gasteiger partial charge in [-0.15, -0.1) is 0 Å². The minimum absolute atomic E-state index is 0.324. The Morgan fingerprint density at radius 2 is 2.15 bits per heavy atom. The number of hydrogen-bond donors (Lipinski definition) is 1. The predicted molar refractivity (Wildman–Crippen MR) is 80.3 cm³/mol. The van der Waals surface area contributed by atoms with E-state index in [1.807, 2.05) is 48.0 Å². The average molecular weight is 291 g/mol. The second-order valence-corrected chi connectivity index (χ2v) is 4.87. The Hall–Kier alpha value is -2.01. The first-order valence-electron chi connectivity index (χ1n) is 6.34. The Kier molecular flexibility index (Phi) is 5.01. The van der Waals surface area contributed by atoms with E-state index in [0.29, 0.717) is 6.61 Å². The van der Waals surface area contributed by atoms with E-state index in [-0.39, 0.29) is 5.97 Å². The largest absolute Gasteiger partial charge is 0.492 e. The van der Waals surface area contributed by atoms with Gasteiger partial charge in [-0.05, 0) is 41.4 Å². The Bertz CT molecular complexity index is 554. The van der Waals surface area contributed by atoms with Crippen molar-refractivity contribution >= 4 is 23.0 Å². The maximum absolute atomic E-state index is 12.0. The third kappa shape index (κ3) is 3.30. The van der Waals surface area contributed by atoms with Gasteiger partial charge in [-0.3, -0.25) is 0 Å². The van der Waals surface area contributed by atoms with E-state index in [0.717, 1.165) is 17.0 Å². The number of hydrogen-bond acceptors (Lipinski definition) is 5. The molecule has 0 saturated heterocycles. The van der Waals surface area contributed by atoms with Crippen LogP contribution in [0.3, 0.4) is 0 Å². The first-order valence-corrected chi connectivity index (χ1v) is 7.28. The number of ether oxygens (including phenoxy) is 2. The molecule has 1 heterocycles. The Morgan fingerprint density at radius 1 is 1.35 bits per heavy atom. The Labute approximate surface area is 122 Å². The lowest BCUT2D eigenvalue weighted by molar-refractivity contribution is -0.141. The molecule has 0 bridgehead atoms. The SMILES string of the molecule is CCOc1ccccc1NC(C(=O)OC)c1ccsc1. The van der Waals surface area contributed by atoms with Crippen LogP contribution >= 0.6 is 11.3 Å². The molecule has 0 aliphatic rings. The molecule has 1 N–H and O–H groups in total. The van der Waals surface area contributed by atoms with Crippen molar-refractivity contribution in [1.82, 2.24) is 0 Å². The molecule has 4 nitrogen and oxygen atoms in total. The number of benzene rings is 1. The Morgan fingerprint density at radius 3 is 2.80 bits per heavy atom. The summed E-state index contributed by atoms with van der Waals surface area (Å²) in [5.41, 5.74) is 1.66. The fourth-order valence-corrected chi connectivity index (χ4v) is 2.54. The van der Waals surface area contributed by atoms with Crippen molar-refractivity contribution in [3.63, 3.8) is 0 Å². The van der Waals surface area contributed by atoms with E-state index in [1.54, 1.807) is 11.3 Å². The zero-order chi connectivity index (χ0) is 14.4. The first-order chi connectivity index (χ1) is 9.76. The van der Waals surface area contributed by atoms with E-state index in [2.05, 4.69) is 5.32 Å². The first kappa shape index (κ1) is 14.4. The fraction of sp³-hybridized carbons (Fsp3) is 0.267. The third-order valence-electron chi connectivity index (χ3n) is 2.80. The molecule has 0 fully saturated rings. The van der Waals surface area contributed by atoms with Crippen LogP contribution in [0.15, 0.2) is 41.1 Å². The molecule has 0 amide bonds. The molecular formula is C15H17NO3S. The highest BCUT2D eigenvalue weighted by Crippen LogP contribution is 2.29. The summed E-state index contributed by atoms with van der Waals surface area (Å²) in [5.74, 6) is 0.397. The van der Waals surface area contributed by atoms with Gasteiger partial charge in [0.1, 0.15) is 5.75 Å². The highest BCUT2D eigenvalue weighted by Gasteiger charge is 2.22. The molecule has 1 aromatic heterocycles. The topological polar surface area (TPSA) is 47.6 Å². The minimum atomic E-state index is -0.534. The summed E-state index contributed by atoms with van der Waals surface area (Å²) in [7, 11) is 1.39. The molecule has 2 aromatic rings. The zero-order valence-corrected chi connectivity index (χ0v) is 12.3. The van der Waals surface area contributed by atoms with Gasteiger partial charge in [-0.1, -0.05) is 12.1 Å². The number of methoxy groups -OCH3 is 1. The maximum Gasteiger partial charge on any atom is 0.333 e. The monoisotopic (exact) mass is 291 g/mol. The number of carbonyl (C=O) groups is 1. The number of rotatable bonds is 6. The summed E-state index contributed by atoms with van der Waals surface area (Å²) >= 11 is 1.54. The highest BCUT2D eigenvalue weighted by molar-refractivity contribution is 7.08. The van der Waals surface area contributed by atoms with Crippen LogP contribution in [0, 0.1) is 0 Å². The van der Waals surface area contributed by atoms with Crippen LogP contribution in [0.5, 0.6) is 5.75 Å². The summed E-state index contributed by atoms with van der Waals surface area (Å²) in [6.07, 6.45) is 0. The summed E-state index contributed by atoms with van der Waals surface area (Å²) < 4.78 is 10.4. The summed E-state index contributed by atoms with van der Waals surface area (Å²) in [4.78, 5) is 12.0. The molecule has 106 valence electrons. The van der Waals surface area contributed by atoms with Crippen molar-refractivity contribution in [1.29, 1.82) is 0 Å². The average Bonchev–Trinajstić information content (AvgIpc) is 3.00. The van der Waals surface area contributed by atoms with Gasteiger partial charge in [0, 0.05) is 0 Å². The van der Waals surface area contributed by atoms with E-state index in [1.165, 1.54) is 7.11 Å². The minimum Gasteiger partial charge on any atom is -0.492 e. The molecule has 0 aliphatic heterocycles. The van der Waals surface area contributed by atoms with E-state index in [4.69, 9.17) is 9.47 Å². The summed E-state index contributed by atoms with van der Waals surface area (Å²) in [6.45, 7) is 2.49. The van der Waals surface area contributed by atoms with Crippen LogP contribution in [0.1, 0.15) is 18.5 Å². The van der Waals surface area contributed by atoms with Crippen molar-refractivity contribution in [2.24, 2.45) is 0 Å². The summed E-state index contributed by atoms with van der Waals surface area (Å²) in [5, 5.41) is 7.05. The standard InChI is InChI=1S/C15H17NO3S/c1-3-19-13-7-5-4-6-12(13)16-14(15(17)18-2)11-8-9-20-10-11/h4-10,14,16H,3H2,1-2H3. The Balaban J connectivity index is 2.26. The van der Waals surface area contributed by atoms with Crippen LogP contribution in [-0.4, -0.2) is 19.7 Å². The van der Waals surface area contributed by atoms with Gasteiger partial charge in [-0.2, -0.15) is 11.3 Å². The highest BCUT2D eigenvalue weighted by atomic mass is 32.1. The number of nitrogens with one attached hydrogen (secondary N) is 1. The van der Waals surface area contributed by atoms with Crippen LogP contribution in [0.2, 0.25) is 0 Å². The molecule has 0 radical (unpaired) electrons. The lowest BCUT2D eigenvalue weighted by atomic mass is 10.1. The quantitative estimate of drug-likeness (QED) is 0.828. The molecular weight excluding hydrogens is 274 g/mol. The van der Waals surface area contributed by atoms with E-state index >= 15 is 0 Å². The normalized spacial score (nSPS) is 11.7. The van der Waals surface area contributed by atoms with Gasteiger partial charge >= 0.3 is 5.97 Å². The third-order valence-corrected chi connectivity index (χ3v) is 3.50. The van der Waals surface area contributed by atoms with Crippen molar-refractivity contribution in [2.45, 2.75) is 13.0 Å². The van der Waals surface area contributed by atoms with Crippen molar-refractivity contribution in [2.75, 3.05) is 19.0 Å². The van der Waals surface area contributed by atoms with Crippen molar-refractivity contribution in [3.05, 3.63) is 46.7 Å². The van der Waals surface area contributed by atoms with Gasteiger partial charge in [0.15, 0.2) is 6.04 Å². The van der Waals surface area contributed by atoms with Crippen molar-refractivity contribution in [3.8, 4) is 5.75 Å².